The predicted octanol–water partition coefficient (Wildman–Crippen LogP) is 2.04. The Balaban J connectivity index is 1.51. The minimum absolute atomic E-state index is 0.0983. The van der Waals surface area contributed by atoms with E-state index in [0.717, 1.165) is 17.7 Å². The number of hydrogen-bond donors (Lipinski definition) is 1. The van der Waals surface area contributed by atoms with E-state index in [1.807, 2.05) is 17.5 Å². The second kappa shape index (κ2) is 5.81. The molecule has 1 saturated carbocycles. The molecular weight excluding hydrogens is 300 g/mol. The van der Waals surface area contributed by atoms with Crippen molar-refractivity contribution >= 4 is 17.2 Å². The van der Waals surface area contributed by atoms with Crippen LogP contribution in [0.1, 0.15) is 31.6 Å². The molecule has 3 heterocycles. The molecule has 6 nitrogen and oxygen atoms in total. The highest BCUT2D eigenvalue weighted by Crippen LogP contribution is 2.28. The molecule has 1 aliphatic carbocycles. The van der Waals surface area contributed by atoms with Crippen LogP contribution in [0.15, 0.2) is 21.9 Å². The molecule has 1 aliphatic heterocycles. The number of hydrogen-bond acceptors (Lipinski definition) is 6. The first-order valence-electron chi connectivity index (χ1n) is 7.69. The number of aromatic nitrogens is 2. The fourth-order valence-electron chi connectivity index (χ4n) is 3.44. The van der Waals surface area contributed by atoms with Crippen LogP contribution in [-0.4, -0.2) is 39.6 Å². The van der Waals surface area contributed by atoms with Gasteiger partial charge < -0.3 is 9.73 Å². The van der Waals surface area contributed by atoms with Crippen LogP contribution in [0.4, 0.5) is 0 Å². The van der Waals surface area contributed by atoms with Crippen molar-refractivity contribution in [1.29, 1.82) is 0 Å². The molecule has 0 unspecified atom stereocenters. The smallest absolute Gasteiger partial charge is 0.257 e. The Morgan fingerprint density at radius 1 is 1.36 bits per heavy atom. The Bertz CT molecular complexity index is 654. The van der Waals surface area contributed by atoms with E-state index in [9.17, 15) is 4.79 Å². The summed E-state index contributed by atoms with van der Waals surface area (Å²) in [7, 11) is 0. The van der Waals surface area contributed by atoms with Gasteiger partial charge in [0.15, 0.2) is 0 Å². The molecule has 22 heavy (non-hydrogen) atoms. The molecule has 0 radical (unpaired) electrons. The van der Waals surface area contributed by atoms with Gasteiger partial charge in [-0.05, 0) is 24.3 Å². The summed E-state index contributed by atoms with van der Waals surface area (Å²) < 4.78 is 5.76. The summed E-state index contributed by atoms with van der Waals surface area (Å²) in [6.45, 7) is 0.963. The van der Waals surface area contributed by atoms with Crippen LogP contribution in [0.5, 0.6) is 0 Å². The maximum absolute atomic E-state index is 11.9. The number of carbonyl (C=O) groups excluding carboxylic acids is 1. The SMILES string of the molecule is O=C1CN(Cc2nnc(-c3cccs3)o2)[C@H]2CCCC[C@H]2N1. The lowest BCUT2D eigenvalue weighted by Gasteiger charge is -2.43. The molecule has 2 aliphatic rings. The molecule has 4 rings (SSSR count). The first kappa shape index (κ1) is 13.9. The molecule has 116 valence electrons. The number of nitrogens with one attached hydrogen (secondary N) is 1. The summed E-state index contributed by atoms with van der Waals surface area (Å²) in [5.74, 6) is 1.25. The van der Waals surface area contributed by atoms with Gasteiger partial charge >= 0.3 is 0 Å². The number of rotatable bonds is 3. The number of thiophene rings is 1. The zero-order chi connectivity index (χ0) is 14.9. The van der Waals surface area contributed by atoms with E-state index < -0.39 is 0 Å². The topological polar surface area (TPSA) is 71.3 Å². The van der Waals surface area contributed by atoms with Gasteiger partial charge in [0.1, 0.15) is 0 Å². The van der Waals surface area contributed by atoms with Crippen LogP contribution in [-0.2, 0) is 11.3 Å². The van der Waals surface area contributed by atoms with Gasteiger partial charge in [0.25, 0.3) is 5.89 Å². The van der Waals surface area contributed by atoms with E-state index in [1.165, 1.54) is 12.8 Å². The van der Waals surface area contributed by atoms with Gasteiger partial charge in [-0.1, -0.05) is 18.9 Å². The monoisotopic (exact) mass is 318 g/mol. The highest BCUT2D eigenvalue weighted by molar-refractivity contribution is 7.13. The number of carbonyl (C=O) groups is 1. The van der Waals surface area contributed by atoms with Crippen molar-refractivity contribution in [2.75, 3.05) is 6.54 Å². The van der Waals surface area contributed by atoms with Crippen molar-refractivity contribution in [3.05, 3.63) is 23.4 Å². The molecule has 0 aromatic carbocycles. The maximum Gasteiger partial charge on any atom is 0.257 e. The van der Waals surface area contributed by atoms with Crippen molar-refractivity contribution in [3.8, 4) is 10.8 Å². The van der Waals surface area contributed by atoms with Crippen molar-refractivity contribution in [2.45, 2.75) is 44.3 Å². The van der Waals surface area contributed by atoms with Crippen molar-refractivity contribution < 1.29 is 9.21 Å². The van der Waals surface area contributed by atoms with Gasteiger partial charge in [-0.15, -0.1) is 21.5 Å². The van der Waals surface area contributed by atoms with Gasteiger partial charge in [0.05, 0.1) is 18.0 Å². The lowest BCUT2D eigenvalue weighted by atomic mass is 9.87. The number of fused-ring (bicyclic) bond motifs is 1. The molecule has 0 bridgehead atoms. The zero-order valence-corrected chi connectivity index (χ0v) is 13.0. The highest BCUT2D eigenvalue weighted by Gasteiger charge is 2.36. The summed E-state index contributed by atoms with van der Waals surface area (Å²) in [5.41, 5.74) is 0. The Morgan fingerprint density at radius 2 is 2.27 bits per heavy atom. The van der Waals surface area contributed by atoms with Crippen LogP contribution < -0.4 is 5.32 Å². The molecule has 2 aromatic heterocycles. The summed E-state index contributed by atoms with van der Waals surface area (Å²) >= 11 is 1.58. The molecule has 1 N–H and O–H groups in total. The molecule has 2 fully saturated rings. The summed E-state index contributed by atoms with van der Waals surface area (Å²) in [5, 5.41) is 13.4. The van der Waals surface area contributed by atoms with Gasteiger partial charge in [0, 0.05) is 12.1 Å². The molecule has 1 saturated heterocycles. The maximum atomic E-state index is 11.9. The Hall–Kier alpha value is -1.73. The van der Waals surface area contributed by atoms with Gasteiger partial charge in [-0.3, -0.25) is 9.69 Å². The van der Waals surface area contributed by atoms with Crippen molar-refractivity contribution in [3.63, 3.8) is 0 Å². The normalized spacial score (nSPS) is 25.7. The van der Waals surface area contributed by atoms with Gasteiger partial charge in [-0.25, -0.2) is 0 Å². The Kier molecular flexibility index (Phi) is 3.67. The minimum Gasteiger partial charge on any atom is -0.419 e. The third kappa shape index (κ3) is 2.66. The van der Waals surface area contributed by atoms with Gasteiger partial charge in [-0.2, -0.15) is 0 Å². The lowest BCUT2D eigenvalue weighted by Crippen LogP contribution is -2.61. The quantitative estimate of drug-likeness (QED) is 0.938. The summed E-state index contributed by atoms with van der Waals surface area (Å²) in [6, 6.07) is 4.59. The van der Waals surface area contributed by atoms with Crippen LogP contribution >= 0.6 is 11.3 Å². The first-order valence-corrected chi connectivity index (χ1v) is 8.57. The molecule has 1 amide bonds. The van der Waals surface area contributed by atoms with Crippen LogP contribution in [0.2, 0.25) is 0 Å². The van der Waals surface area contributed by atoms with E-state index in [0.29, 0.717) is 30.9 Å². The summed E-state index contributed by atoms with van der Waals surface area (Å²) in [6.07, 6.45) is 4.60. The minimum atomic E-state index is 0.0983. The van der Waals surface area contributed by atoms with Crippen LogP contribution in [0.25, 0.3) is 10.8 Å². The number of piperazine rings is 1. The average molecular weight is 318 g/mol. The molecule has 2 aromatic rings. The number of nitrogens with zero attached hydrogens (tertiary/aromatic N) is 3. The lowest BCUT2D eigenvalue weighted by molar-refractivity contribution is -0.128. The third-order valence-electron chi connectivity index (χ3n) is 4.43. The Labute approximate surface area is 132 Å². The third-order valence-corrected chi connectivity index (χ3v) is 5.29. The van der Waals surface area contributed by atoms with E-state index in [2.05, 4.69) is 20.4 Å². The molecule has 7 heteroatoms. The van der Waals surface area contributed by atoms with Crippen molar-refractivity contribution in [1.82, 2.24) is 20.4 Å². The number of amides is 1. The van der Waals surface area contributed by atoms with E-state index in [4.69, 9.17) is 4.42 Å². The van der Waals surface area contributed by atoms with E-state index >= 15 is 0 Å². The summed E-state index contributed by atoms with van der Waals surface area (Å²) in [4.78, 5) is 15.1. The Morgan fingerprint density at radius 3 is 3.14 bits per heavy atom. The second-order valence-electron chi connectivity index (χ2n) is 5.91. The van der Waals surface area contributed by atoms with Gasteiger partial charge in [0.2, 0.25) is 11.8 Å². The second-order valence-corrected chi connectivity index (χ2v) is 6.86. The highest BCUT2D eigenvalue weighted by atomic mass is 32.1. The fraction of sp³-hybridized carbons (Fsp3) is 0.533. The average Bonchev–Trinajstić information content (AvgIpc) is 3.17. The molecule has 2 atom stereocenters. The first-order chi connectivity index (χ1) is 10.8. The standard InChI is InChI=1S/C15H18N4O2S/c20-13-8-19(11-5-2-1-4-10(11)16-13)9-14-17-18-15(21-14)12-6-3-7-22-12/h3,6-7,10-11H,1-2,4-5,8-9H2,(H,16,20)/t10-,11+/m1/s1. The van der Waals surface area contributed by atoms with E-state index in [1.54, 1.807) is 11.3 Å². The largest absolute Gasteiger partial charge is 0.419 e. The van der Waals surface area contributed by atoms with Crippen molar-refractivity contribution in [2.24, 2.45) is 0 Å². The fourth-order valence-corrected chi connectivity index (χ4v) is 4.08. The van der Waals surface area contributed by atoms with Crippen LogP contribution in [0.3, 0.4) is 0 Å². The molecule has 0 spiro atoms. The van der Waals surface area contributed by atoms with E-state index in [-0.39, 0.29) is 11.9 Å². The van der Waals surface area contributed by atoms with Crippen LogP contribution in [0, 0.1) is 0 Å². The zero-order valence-electron chi connectivity index (χ0n) is 12.2. The predicted molar refractivity (Wildman–Crippen MR) is 82.2 cm³/mol. The molecular formula is C15H18N4O2S.